The number of benzene rings is 1. The molecule has 1 aromatic carbocycles. The van der Waals surface area contributed by atoms with Crippen LogP contribution in [0.2, 0.25) is 0 Å². The van der Waals surface area contributed by atoms with Crippen LogP contribution in [-0.2, 0) is 6.54 Å². The van der Waals surface area contributed by atoms with Crippen molar-refractivity contribution in [2.75, 3.05) is 7.11 Å². The van der Waals surface area contributed by atoms with Gasteiger partial charge in [0.1, 0.15) is 11.4 Å². The van der Waals surface area contributed by atoms with E-state index in [0.717, 1.165) is 16.9 Å². The van der Waals surface area contributed by atoms with Crippen LogP contribution in [0.3, 0.4) is 0 Å². The molecule has 2 heterocycles. The number of methoxy groups -OCH3 is 1. The van der Waals surface area contributed by atoms with Crippen molar-refractivity contribution in [2.45, 2.75) is 13.5 Å². The summed E-state index contributed by atoms with van der Waals surface area (Å²) in [6.45, 7) is 2.39. The van der Waals surface area contributed by atoms with Crippen LogP contribution in [0, 0.1) is 6.92 Å². The number of hydrogen-bond donors (Lipinski definition) is 1. The van der Waals surface area contributed by atoms with Crippen molar-refractivity contribution in [1.29, 1.82) is 0 Å². The van der Waals surface area contributed by atoms with Gasteiger partial charge in [0.15, 0.2) is 0 Å². The van der Waals surface area contributed by atoms with Crippen LogP contribution in [0.5, 0.6) is 5.75 Å². The van der Waals surface area contributed by atoms with Crippen molar-refractivity contribution >= 4 is 11.6 Å². The van der Waals surface area contributed by atoms with Gasteiger partial charge in [-0.3, -0.25) is 4.79 Å². The summed E-state index contributed by atoms with van der Waals surface area (Å²) in [5.74, 6) is 0.386. The van der Waals surface area contributed by atoms with Gasteiger partial charge < -0.3 is 14.5 Å². The average Bonchev–Trinajstić information content (AvgIpc) is 2.97. The molecule has 1 N–H and O–H groups in total. The summed E-state index contributed by atoms with van der Waals surface area (Å²) < 4.78 is 7.16. The van der Waals surface area contributed by atoms with Crippen molar-refractivity contribution in [3.05, 3.63) is 65.6 Å². The van der Waals surface area contributed by atoms with Gasteiger partial charge in [-0.15, -0.1) is 0 Å². The maximum absolute atomic E-state index is 12.3. The largest absolute Gasteiger partial charge is 0.496 e. The molecule has 3 rings (SSSR count). The molecule has 0 spiro atoms. The van der Waals surface area contributed by atoms with E-state index in [9.17, 15) is 4.79 Å². The zero-order chi connectivity index (χ0) is 15.5. The minimum atomic E-state index is -0.175. The van der Waals surface area contributed by atoms with Crippen LogP contribution < -0.4 is 10.1 Å². The zero-order valence-corrected chi connectivity index (χ0v) is 12.5. The van der Waals surface area contributed by atoms with E-state index >= 15 is 0 Å². The van der Waals surface area contributed by atoms with Gasteiger partial charge in [0.25, 0.3) is 5.91 Å². The van der Waals surface area contributed by atoms with Crippen LogP contribution in [0.1, 0.15) is 21.6 Å². The molecule has 0 unspecified atom stereocenters. The van der Waals surface area contributed by atoms with Gasteiger partial charge >= 0.3 is 0 Å². The van der Waals surface area contributed by atoms with Gasteiger partial charge in [0.05, 0.1) is 24.9 Å². The molecule has 0 saturated carbocycles. The number of amides is 1. The van der Waals surface area contributed by atoms with Gasteiger partial charge in [0, 0.05) is 12.4 Å². The Balaban J connectivity index is 1.76. The van der Waals surface area contributed by atoms with Crippen LogP contribution >= 0.6 is 0 Å². The summed E-state index contributed by atoms with van der Waals surface area (Å²) in [5.41, 5.74) is 3.34. The molecule has 3 aromatic rings. The number of rotatable bonds is 4. The molecule has 2 aromatic heterocycles. The fourth-order valence-electron chi connectivity index (χ4n) is 2.39. The van der Waals surface area contributed by atoms with E-state index in [2.05, 4.69) is 10.3 Å². The highest BCUT2D eigenvalue weighted by molar-refractivity contribution is 5.96. The number of para-hydroxylation sites is 1. The number of nitrogens with one attached hydrogen (secondary N) is 1. The second-order valence-corrected chi connectivity index (χ2v) is 5.04. The summed E-state index contributed by atoms with van der Waals surface area (Å²) in [5, 5.41) is 2.88. The van der Waals surface area contributed by atoms with E-state index in [-0.39, 0.29) is 5.91 Å². The third kappa shape index (κ3) is 2.65. The van der Waals surface area contributed by atoms with Gasteiger partial charge in [-0.05, 0) is 30.7 Å². The highest BCUT2D eigenvalue weighted by atomic mass is 16.5. The number of ether oxygens (including phenoxy) is 1. The van der Waals surface area contributed by atoms with E-state index in [1.54, 1.807) is 19.2 Å². The normalized spacial score (nSPS) is 10.6. The Morgan fingerprint density at radius 3 is 2.86 bits per heavy atom. The summed E-state index contributed by atoms with van der Waals surface area (Å²) in [7, 11) is 1.55. The van der Waals surface area contributed by atoms with Gasteiger partial charge in [-0.1, -0.05) is 18.2 Å². The third-order valence-electron chi connectivity index (χ3n) is 3.51. The van der Waals surface area contributed by atoms with Crippen molar-refractivity contribution in [3.8, 4) is 5.75 Å². The van der Waals surface area contributed by atoms with E-state index < -0.39 is 0 Å². The quantitative estimate of drug-likeness (QED) is 0.805. The number of fused-ring (bicyclic) bond motifs is 1. The maximum atomic E-state index is 12.3. The molecule has 1 amide bonds. The molecule has 0 atom stereocenters. The molecule has 0 saturated heterocycles. The van der Waals surface area contributed by atoms with Crippen LogP contribution in [0.25, 0.3) is 5.65 Å². The summed E-state index contributed by atoms with van der Waals surface area (Å²) in [4.78, 5) is 16.8. The van der Waals surface area contributed by atoms with Crippen molar-refractivity contribution < 1.29 is 9.53 Å². The lowest BCUT2D eigenvalue weighted by Gasteiger charge is -2.07. The first kappa shape index (κ1) is 14.1. The Labute approximate surface area is 128 Å². The van der Waals surface area contributed by atoms with Gasteiger partial charge in [-0.25, -0.2) is 4.98 Å². The Bertz CT molecular complexity index is 824. The average molecular weight is 295 g/mol. The van der Waals surface area contributed by atoms with Crippen LogP contribution in [0.15, 0.2) is 48.8 Å². The number of pyridine rings is 1. The lowest BCUT2D eigenvalue weighted by Crippen LogP contribution is -2.23. The van der Waals surface area contributed by atoms with Crippen molar-refractivity contribution in [2.24, 2.45) is 0 Å². The zero-order valence-electron chi connectivity index (χ0n) is 12.5. The molecular weight excluding hydrogens is 278 g/mol. The second kappa shape index (κ2) is 5.89. The summed E-state index contributed by atoms with van der Waals surface area (Å²) >= 11 is 0. The molecule has 0 bridgehead atoms. The van der Waals surface area contributed by atoms with Crippen molar-refractivity contribution in [1.82, 2.24) is 14.7 Å². The number of aryl methyl sites for hydroxylation is 1. The first-order chi connectivity index (χ1) is 10.7. The molecule has 112 valence electrons. The highest BCUT2D eigenvalue weighted by Gasteiger charge is 2.12. The minimum Gasteiger partial charge on any atom is -0.496 e. The SMILES string of the molecule is COc1ccccc1C(=O)NCc1cn2cccc(C)c2n1. The summed E-state index contributed by atoms with van der Waals surface area (Å²) in [6, 6.07) is 11.1. The first-order valence-corrected chi connectivity index (χ1v) is 7.03. The molecule has 0 aliphatic rings. The van der Waals surface area contributed by atoms with E-state index in [4.69, 9.17) is 4.74 Å². The minimum absolute atomic E-state index is 0.175. The summed E-state index contributed by atoms with van der Waals surface area (Å²) in [6.07, 6.45) is 3.87. The second-order valence-electron chi connectivity index (χ2n) is 5.04. The monoisotopic (exact) mass is 295 g/mol. The fraction of sp³-hybridized carbons (Fsp3) is 0.176. The van der Waals surface area contributed by atoms with E-state index in [0.29, 0.717) is 17.9 Å². The molecule has 22 heavy (non-hydrogen) atoms. The Hall–Kier alpha value is -2.82. The molecular formula is C17H17N3O2. The third-order valence-corrected chi connectivity index (χ3v) is 3.51. The number of hydrogen-bond acceptors (Lipinski definition) is 3. The first-order valence-electron chi connectivity index (χ1n) is 7.03. The Morgan fingerprint density at radius 1 is 1.27 bits per heavy atom. The molecule has 0 aliphatic heterocycles. The highest BCUT2D eigenvalue weighted by Crippen LogP contribution is 2.17. The Kier molecular flexibility index (Phi) is 3.78. The number of aromatic nitrogens is 2. The predicted molar refractivity (Wildman–Crippen MR) is 84.1 cm³/mol. The van der Waals surface area contributed by atoms with Crippen molar-refractivity contribution in [3.63, 3.8) is 0 Å². The topological polar surface area (TPSA) is 55.6 Å². The molecule has 0 fully saturated rings. The smallest absolute Gasteiger partial charge is 0.255 e. The van der Waals surface area contributed by atoms with Crippen LogP contribution in [-0.4, -0.2) is 22.4 Å². The van der Waals surface area contributed by atoms with Gasteiger partial charge in [-0.2, -0.15) is 0 Å². The number of carbonyl (C=O) groups is 1. The van der Waals surface area contributed by atoms with E-state index in [1.165, 1.54) is 0 Å². The maximum Gasteiger partial charge on any atom is 0.255 e. The lowest BCUT2D eigenvalue weighted by molar-refractivity contribution is 0.0947. The number of carbonyl (C=O) groups excluding carboxylic acids is 1. The van der Waals surface area contributed by atoms with Gasteiger partial charge in [0.2, 0.25) is 0 Å². The molecule has 5 heteroatoms. The molecule has 5 nitrogen and oxygen atoms in total. The van der Waals surface area contributed by atoms with E-state index in [1.807, 2.05) is 48.0 Å². The number of nitrogens with zero attached hydrogens (tertiary/aromatic N) is 2. The lowest BCUT2D eigenvalue weighted by atomic mass is 10.2. The number of imidazole rings is 1. The Morgan fingerprint density at radius 2 is 2.09 bits per heavy atom. The molecule has 0 aliphatic carbocycles. The predicted octanol–water partition coefficient (Wildman–Crippen LogP) is 2.58. The van der Waals surface area contributed by atoms with Crippen LogP contribution in [0.4, 0.5) is 0 Å². The standard InChI is InChI=1S/C17H17N3O2/c1-12-6-5-9-20-11-13(19-16(12)20)10-18-17(21)14-7-3-4-8-15(14)22-2/h3-9,11H,10H2,1-2H3,(H,18,21). The molecule has 0 radical (unpaired) electrons. The fourth-order valence-corrected chi connectivity index (χ4v) is 2.39.